The van der Waals surface area contributed by atoms with Crippen LogP contribution < -0.4 is 10.4 Å². The second-order valence-corrected chi connectivity index (χ2v) is 9.20. The Balaban J connectivity index is 0.00000316. The predicted octanol–water partition coefficient (Wildman–Crippen LogP) is 6.52. The van der Waals surface area contributed by atoms with Crippen LogP contribution in [0.1, 0.15) is 73.1 Å². The van der Waals surface area contributed by atoms with Crippen molar-refractivity contribution in [1.82, 2.24) is 9.13 Å². The van der Waals surface area contributed by atoms with Crippen LogP contribution in [0.15, 0.2) is 59.1 Å². The zero-order valence-corrected chi connectivity index (χ0v) is 23.5. The minimum atomic E-state index is -0.985. The Morgan fingerprint density at radius 2 is 1.72 bits per heavy atom. The first kappa shape index (κ1) is 31.0. The van der Waals surface area contributed by atoms with E-state index in [1.165, 1.54) is 6.92 Å². The number of rotatable bonds is 13. The summed E-state index contributed by atoms with van der Waals surface area (Å²) in [6, 6.07) is 7.54. The summed E-state index contributed by atoms with van der Waals surface area (Å²) in [5.74, 6) is 0.637. The molecule has 2 rings (SSSR count). The fourth-order valence-corrected chi connectivity index (χ4v) is 3.63. The van der Waals surface area contributed by atoms with Crippen LogP contribution in [0.25, 0.3) is 0 Å². The summed E-state index contributed by atoms with van der Waals surface area (Å²) >= 11 is 0. The highest BCUT2D eigenvalue weighted by atomic mass is 16.5. The van der Waals surface area contributed by atoms with Crippen LogP contribution in [0.2, 0.25) is 0 Å². The van der Waals surface area contributed by atoms with Crippen molar-refractivity contribution in [3.63, 3.8) is 0 Å². The zero-order valence-electron chi connectivity index (χ0n) is 23.5. The summed E-state index contributed by atoms with van der Waals surface area (Å²) in [7, 11) is 0. The van der Waals surface area contributed by atoms with Gasteiger partial charge in [-0.2, -0.15) is 0 Å². The summed E-state index contributed by atoms with van der Waals surface area (Å²) in [5.41, 5.74) is 3.38. The molecule has 0 fully saturated rings. The van der Waals surface area contributed by atoms with Gasteiger partial charge >= 0.3 is 11.7 Å². The first-order valence-corrected chi connectivity index (χ1v) is 13.3. The van der Waals surface area contributed by atoms with Crippen LogP contribution in [0, 0.1) is 11.8 Å². The van der Waals surface area contributed by atoms with Crippen molar-refractivity contribution in [2.45, 2.75) is 93.8 Å². The Bertz CT molecular complexity index is 1040. The van der Waals surface area contributed by atoms with Crippen LogP contribution in [0.5, 0.6) is 5.75 Å². The average molecular weight is 499 g/mol. The highest BCUT2D eigenvalue weighted by molar-refractivity contribution is 5.72. The lowest BCUT2D eigenvalue weighted by Crippen LogP contribution is -2.25. The molecule has 6 nitrogen and oxygen atoms in total. The number of carboxylic acids is 1. The number of allylic oxidation sites excluding steroid dienone is 4. The molecular weight excluding hydrogens is 452 g/mol. The van der Waals surface area contributed by atoms with Gasteiger partial charge in [0.2, 0.25) is 0 Å². The molecule has 2 atom stereocenters. The number of imidazole rings is 1. The minimum Gasteiger partial charge on any atom is -0.479 e. The van der Waals surface area contributed by atoms with Crippen LogP contribution in [-0.2, 0) is 30.7 Å². The van der Waals surface area contributed by atoms with Gasteiger partial charge in [0.15, 0.2) is 6.10 Å². The van der Waals surface area contributed by atoms with Gasteiger partial charge in [-0.3, -0.25) is 9.13 Å². The van der Waals surface area contributed by atoms with Gasteiger partial charge in [0.25, 0.3) is 0 Å². The van der Waals surface area contributed by atoms with E-state index in [0.717, 1.165) is 36.1 Å². The molecule has 0 saturated carbocycles. The Hall–Kier alpha value is -3.02. The van der Waals surface area contributed by atoms with Crippen molar-refractivity contribution in [1.29, 1.82) is 0 Å². The number of benzene rings is 1. The molecule has 0 aliphatic carbocycles. The van der Waals surface area contributed by atoms with E-state index in [1.54, 1.807) is 12.1 Å². The largest absolute Gasteiger partial charge is 0.479 e. The van der Waals surface area contributed by atoms with E-state index >= 15 is 0 Å². The normalized spacial score (nSPS) is 13.4. The molecule has 200 valence electrons. The first-order valence-electron chi connectivity index (χ1n) is 13.3. The predicted molar refractivity (Wildman–Crippen MR) is 149 cm³/mol. The molecule has 0 radical (unpaired) electrons. The number of ether oxygens (including phenoxy) is 1. The number of hydrogen-bond donors (Lipinski definition) is 1. The third-order valence-electron chi connectivity index (χ3n) is 6.32. The summed E-state index contributed by atoms with van der Waals surface area (Å²) in [5, 5.41) is 8.96. The van der Waals surface area contributed by atoms with E-state index in [4.69, 9.17) is 9.84 Å². The molecule has 1 heterocycles. The molecule has 0 bridgehead atoms. The molecule has 2 unspecified atom stereocenters. The summed E-state index contributed by atoms with van der Waals surface area (Å²) in [6.45, 7) is 17.4. The lowest BCUT2D eigenvalue weighted by atomic mass is 9.97. The molecule has 0 spiro atoms. The maximum atomic E-state index is 12.9. The maximum absolute atomic E-state index is 12.9. The second-order valence-electron chi connectivity index (χ2n) is 9.20. The smallest absolute Gasteiger partial charge is 0.344 e. The number of aromatic nitrogens is 2. The monoisotopic (exact) mass is 498 g/mol. The molecule has 6 heteroatoms. The van der Waals surface area contributed by atoms with Crippen LogP contribution >= 0.6 is 0 Å². The van der Waals surface area contributed by atoms with E-state index in [9.17, 15) is 9.59 Å². The lowest BCUT2D eigenvalue weighted by molar-refractivity contribution is -0.144. The number of hydrogen-bond acceptors (Lipinski definition) is 3. The molecule has 0 aliphatic rings. The van der Waals surface area contributed by atoms with Crippen molar-refractivity contribution < 1.29 is 14.6 Å². The van der Waals surface area contributed by atoms with Gasteiger partial charge in [-0.15, -0.1) is 0 Å². The van der Waals surface area contributed by atoms with E-state index in [-0.39, 0.29) is 5.69 Å². The highest BCUT2D eigenvalue weighted by Gasteiger charge is 2.13. The Labute approximate surface area is 217 Å². The SMILES string of the molecule is C/C=C(\C=C/C(C)C(C)C)Cn1cc(CCCc2ccc(OC(C)C(=O)O)cc2)n(CC)c1=O.CC. The standard InChI is InChI=1S/C28H40N2O4.C2H6/c1-7-23(13-12-21(5)20(3)4)18-29-19-25(30(8-2)28(29)33)11-9-10-24-14-16-26(17-15-24)34-22(6)27(31)32;1-2/h7,12-17,19-22H,8-11,18H2,1-6H3,(H,31,32);1-2H3/b13-12-,23-7+;. The van der Waals surface area contributed by atoms with E-state index in [2.05, 4.69) is 39.0 Å². The third kappa shape index (κ3) is 9.56. The Kier molecular flexibility index (Phi) is 13.7. The minimum absolute atomic E-state index is 0.0382. The number of aliphatic carboxylic acids is 1. The van der Waals surface area contributed by atoms with E-state index in [0.29, 0.717) is 30.7 Å². The van der Waals surface area contributed by atoms with Crippen LogP contribution in [0.3, 0.4) is 0 Å². The van der Waals surface area contributed by atoms with Gasteiger partial charge in [0.1, 0.15) is 5.75 Å². The Morgan fingerprint density at radius 1 is 1.08 bits per heavy atom. The molecule has 0 aliphatic heterocycles. The molecule has 0 saturated heterocycles. The van der Waals surface area contributed by atoms with Crippen molar-refractivity contribution in [3.8, 4) is 5.75 Å². The third-order valence-corrected chi connectivity index (χ3v) is 6.32. The van der Waals surface area contributed by atoms with Crippen molar-refractivity contribution >= 4 is 5.97 Å². The highest BCUT2D eigenvalue weighted by Crippen LogP contribution is 2.17. The molecular formula is C30H46N2O4. The van der Waals surface area contributed by atoms with E-state index < -0.39 is 12.1 Å². The van der Waals surface area contributed by atoms with E-state index in [1.807, 2.05) is 55.2 Å². The summed E-state index contributed by atoms with van der Waals surface area (Å²) < 4.78 is 9.06. The fraction of sp³-hybridized carbons (Fsp3) is 0.533. The molecule has 1 N–H and O–H groups in total. The van der Waals surface area contributed by atoms with Gasteiger partial charge in [-0.1, -0.05) is 65.0 Å². The van der Waals surface area contributed by atoms with Gasteiger partial charge in [-0.25, -0.2) is 9.59 Å². The molecule has 1 aromatic heterocycles. The van der Waals surface area contributed by atoms with Crippen LogP contribution in [-0.4, -0.2) is 26.3 Å². The van der Waals surface area contributed by atoms with Crippen molar-refractivity contribution in [3.05, 3.63) is 76.0 Å². The molecule has 0 amide bonds. The first-order chi connectivity index (χ1) is 17.2. The second kappa shape index (κ2) is 15.9. The molecule has 36 heavy (non-hydrogen) atoms. The Morgan fingerprint density at radius 3 is 2.25 bits per heavy atom. The van der Waals surface area contributed by atoms with Gasteiger partial charge < -0.3 is 9.84 Å². The van der Waals surface area contributed by atoms with Crippen molar-refractivity contribution in [2.75, 3.05) is 0 Å². The summed E-state index contributed by atoms with van der Waals surface area (Å²) in [6.07, 6.45) is 10.2. The molecule has 2 aromatic rings. The zero-order chi connectivity index (χ0) is 27.3. The number of aryl methyl sites for hydroxylation is 2. The lowest BCUT2D eigenvalue weighted by Gasteiger charge is -2.10. The molecule has 1 aromatic carbocycles. The van der Waals surface area contributed by atoms with Gasteiger partial charge in [0.05, 0.1) is 6.54 Å². The quantitative estimate of drug-likeness (QED) is 0.319. The van der Waals surface area contributed by atoms with Crippen molar-refractivity contribution in [2.24, 2.45) is 11.8 Å². The maximum Gasteiger partial charge on any atom is 0.344 e. The van der Waals surface area contributed by atoms with Gasteiger partial charge in [0, 0.05) is 18.4 Å². The average Bonchev–Trinajstić information content (AvgIpc) is 3.17. The summed E-state index contributed by atoms with van der Waals surface area (Å²) in [4.78, 5) is 23.9. The number of carboxylic acid groups (broad SMARTS) is 1. The number of nitrogens with zero attached hydrogens (tertiary/aromatic N) is 2. The van der Waals surface area contributed by atoms with Gasteiger partial charge in [-0.05, 0) is 75.1 Å². The van der Waals surface area contributed by atoms with Crippen LogP contribution in [0.4, 0.5) is 0 Å². The topological polar surface area (TPSA) is 73.5 Å². The number of carbonyl (C=O) groups is 1. The fourth-order valence-electron chi connectivity index (χ4n) is 3.63.